The maximum Gasteiger partial charge on any atom is 0.322 e. The van der Waals surface area contributed by atoms with E-state index in [2.05, 4.69) is 5.32 Å². The van der Waals surface area contributed by atoms with Gasteiger partial charge in [0.25, 0.3) is 0 Å². The number of likely N-dealkylation sites (tertiary alicyclic amines) is 1. The summed E-state index contributed by atoms with van der Waals surface area (Å²) in [6.07, 6.45) is 0.927. The van der Waals surface area contributed by atoms with Gasteiger partial charge in [0.05, 0.1) is 11.8 Å². The molecule has 4 nitrogen and oxygen atoms in total. The highest BCUT2D eigenvalue weighted by Gasteiger charge is 2.22. The van der Waals surface area contributed by atoms with Crippen LogP contribution in [-0.4, -0.2) is 35.2 Å². The second-order valence-corrected chi connectivity index (χ2v) is 4.73. The molecule has 18 heavy (non-hydrogen) atoms. The van der Waals surface area contributed by atoms with Crippen LogP contribution >= 0.6 is 11.6 Å². The van der Waals surface area contributed by atoms with E-state index in [-0.39, 0.29) is 12.2 Å². The molecule has 98 valence electrons. The van der Waals surface area contributed by atoms with Crippen LogP contribution in [0.2, 0.25) is 5.02 Å². The fourth-order valence-electron chi connectivity index (χ4n) is 1.93. The van der Waals surface area contributed by atoms with Gasteiger partial charge in [-0.1, -0.05) is 11.6 Å². The molecule has 2 amide bonds. The molecule has 1 aliphatic heterocycles. The number of nitrogens with one attached hydrogen (secondary N) is 1. The summed E-state index contributed by atoms with van der Waals surface area (Å²) >= 11 is 5.74. The third-order valence-corrected chi connectivity index (χ3v) is 3.09. The highest BCUT2D eigenvalue weighted by Crippen LogP contribution is 2.20. The number of amides is 2. The Kier molecular flexibility index (Phi) is 4.04. The van der Waals surface area contributed by atoms with Gasteiger partial charge < -0.3 is 15.3 Å². The van der Waals surface area contributed by atoms with Crippen molar-refractivity contribution in [3.63, 3.8) is 0 Å². The molecule has 1 saturated heterocycles. The maximum absolute atomic E-state index is 13.4. The molecule has 0 aliphatic carbocycles. The number of urea groups is 1. The third kappa shape index (κ3) is 3.11. The molecule has 1 heterocycles. The van der Waals surface area contributed by atoms with Crippen molar-refractivity contribution < 1.29 is 14.3 Å². The van der Waals surface area contributed by atoms with Crippen LogP contribution in [0.5, 0.6) is 0 Å². The van der Waals surface area contributed by atoms with Crippen molar-refractivity contribution in [1.82, 2.24) is 4.90 Å². The number of carbonyl (C=O) groups is 1. The fraction of sp³-hybridized carbons (Fsp3) is 0.417. The maximum atomic E-state index is 13.4. The monoisotopic (exact) mass is 272 g/mol. The number of rotatable bonds is 1. The molecule has 0 aromatic heterocycles. The van der Waals surface area contributed by atoms with Crippen LogP contribution in [-0.2, 0) is 0 Å². The van der Waals surface area contributed by atoms with Crippen molar-refractivity contribution in [3.05, 3.63) is 29.0 Å². The summed E-state index contributed by atoms with van der Waals surface area (Å²) < 4.78 is 13.4. The molecule has 1 aliphatic rings. The molecular weight excluding hydrogens is 259 g/mol. The standard InChI is InChI=1S/C12H14ClFN2O2/c13-8-3-4-10(14)11(6-8)15-12(18)16-5-1-2-9(17)7-16/h3-4,6,9,17H,1-2,5,7H2,(H,15,18)/t9-/m0/s1. The van der Waals surface area contributed by atoms with Gasteiger partial charge >= 0.3 is 6.03 Å². The summed E-state index contributed by atoms with van der Waals surface area (Å²) in [5, 5.41) is 12.3. The van der Waals surface area contributed by atoms with E-state index in [0.717, 1.165) is 6.42 Å². The predicted molar refractivity (Wildman–Crippen MR) is 67.2 cm³/mol. The number of aliphatic hydroxyl groups is 1. The number of nitrogens with zero attached hydrogens (tertiary/aromatic N) is 1. The van der Waals surface area contributed by atoms with Gasteiger partial charge in [0.1, 0.15) is 5.82 Å². The molecule has 0 spiro atoms. The van der Waals surface area contributed by atoms with Gasteiger partial charge in [-0.2, -0.15) is 0 Å². The SMILES string of the molecule is O=C(Nc1cc(Cl)ccc1F)N1CCC[C@H](O)C1. The van der Waals surface area contributed by atoms with Crippen LogP contribution in [0.4, 0.5) is 14.9 Å². The van der Waals surface area contributed by atoms with Crippen molar-refractivity contribution in [2.24, 2.45) is 0 Å². The van der Waals surface area contributed by atoms with E-state index >= 15 is 0 Å². The number of halogens is 2. The summed E-state index contributed by atoms with van der Waals surface area (Å²) in [6, 6.07) is 3.55. The van der Waals surface area contributed by atoms with Crippen molar-refractivity contribution >= 4 is 23.3 Å². The Morgan fingerprint density at radius 3 is 3.06 bits per heavy atom. The smallest absolute Gasteiger partial charge is 0.322 e. The van der Waals surface area contributed by atoms with Gasteiger partial charge in [0, 0.05) is 18.1 Å². The zero-order chi connectivity index (χ0) is 13.1. The van der Waals surface area contributed by atoms with Crippen LogP contribution in [0.25, 0.3) is 0 Å². The van der Waals surface area contributed by atoms with E-state index in [1.807, 2.05) is 0 Å². The molecular formula is C12H14ClFN2O2. The zero-order valence-corrected chi connectivity index (χ0v) is 10.5. The minimum absolute atomic E-state index is 0.0487. The van der Waals surface area contributed by atoms with Crippen LogP contribution in [0.15, 0.2) is 18.2 Å². The van der Waals surface area contributed by atoms with Gasteiger partial charge in [-0.3, -0.25) is 0 Å². The van der Waals surface area contributed by atoms with E-state index in [0.29, 0.717) is 18.0 Å². The van der Waals surface area contributed by atoms with E-state index in [1.54, 1.807) is 0 Å². The van der Waals surface area contributed by atoms with Crippen LogP contribution in [0.3, 0.4) is 0 Å². The lowest BCUT2D eigenvalue weighted by Crippen LogP contribution is -2.44. The summed E-state index contributed by atoms with van der Waals surface area (Å²) in [7, 11) is 0. The van der Waals surface area contributed by atoms with Crippen LogP contribution in [0, 0.1) is 5.82 Å². The Morgan fingerprint density at radius 2 is 2.33 bits per heavy atom. The topological polar surface area (TPSA) is 52.6 Å². The minimum Gasteiger partial charge on any atom is -0.391 e. The van der Waals surface area contributed by atoms with Gasteiger partial charge in [0.15, 0.2) is 0 Å². The van der Waals surface area contributed by atoms with Gasteiger partial charge in [0.2, 0.25) is 0 Å². The second-order valence-electron chi connectivity index (χ2n) is 4.30. The largest absolute Gasteiger partial charge is 0.391 e. The number of β-amino-alcohol motifs (C(OH)–C–C–N with tert-alkyl or cyclic N) is 1. The number of carbonyl (C=O) groups excluding carboxylic acids is 1. The highest BCUT2D eigenvalue weighted by atomic mass is 35.5. The average Bonchev–Trinajstić information content (AvgIpc) is 2.34. The first-order valence-corrected chi connectivity index (χ1v) is 6.13. The Hall–Kier alpha value is -1.33. The van der Waals surface area contributed by atoms with Crippen molar-refractivity contribution in [1.29, 1.82) is 0 Å². The Labute approximate surface area is 109 Å². The molecule has 1 fully saturated rings. The first-order chi connectivity index (χ1) is 8.56. The Morgan fingerprint density at radius 1 is 1.56 bits per heavy atom. The zero-order valence-electron chi connectivity index (χ0n) is 9.70. The molecule has 6 heteroatoms. The first kappa shape index (κ1) is 13.1. The minimum atomic E-state index is -0.537. The van der Waals surface area contributed by atoms with Gasteiger partial charge in [-0.15, -0.1) is 0 Å². The molecule has 1 aromatic carbocycles. The average molecular weight is 273 g/mol. The molecule has 0 bridgehead atoms. The Balaban J connectivity index is 2.04. The van der Waals surface area contributed by atoms with E-state index < -0.39 is 18.0 Å². The van der Waals surface area contributed by atoms with Crippen LogP contribution in [0.1, 0.15) is 12.8 Å². The quantitative estimate of drug-likeness (QED) is 0.825. The third-order valence-electron chi connectivity index (χ3n) is 2.85. The Bertz CT molecular complexity index is 456. The van der Waals surface area contributed by atoms with E-state index in [1.165, 1.54) is 23.1 Å². The second kappa shape index (κ2) is 5.54. The fourth-order valence-corrected chi connectivity index (χ4v) is 2.10. The number of piperidine rings is 1. The molecule has 2 rings (SSSR count). The number of anilines is 1. The number of hydrogen-bond acceptors (Lipinski definition) is 2. The molecule has 1 aromatic rings. The van der Waals surface area contributed by atoms with Crippen molar-refractivity contribution in [3.8, 4) is 0 Å². The molecule has 0 radical (unpaired) electrons. The van der Waals surface area contributed by atoms with Crippen molar-refractivity contribution in [2.75, 3.05) is 18.4 Å². The lowest BCUT2D eigenvalue weighted by molar-refractivity contribution is 0.0883. The molecule has 1 atom stereocenters. The highest BCUT2D eigenvalue weighted by molar-refractivity contribution is 6.30. The van der Waals surface area contributed by atoms with E-state index in [9.17, 15) is 14.3 Å². The molecule has 0 saturated carbocycles. The van der Waals surface area contributed by atoms with Crippen LogP contribution < -0.4 is 5.32 Å². The predicted octanol–water partition coefficient (Wildman–Crippen LogP) is 2.47. The summed E-state index contributed by atoms with van der Waals surface area (Å²) in [6.45, 7) is 0.832. The number of aliphatic hydroxyl groups excluding tert-OH is 1. The molecule has 0 unspecified atom stereocenters. The van der Waals surface area contributed by atoms with Gasteiger partial charge in [-0.05, 0) is 31.0 Å². The number of hydrogen-bond donors (Lipinski definition) is 2. The summed E-state index contributed by atoms with van der Waals surface area (Å²) in [5.41, 5.74) is 0.0487. The lowest BCUT2D eigenvalue weighted by atomic mass is 10.1. The first-order valence-electron chi connectivity index (χ1n) is 5.75. The normalized spacial score (nSPS) is 19.7. The molecule has 2 N–H and O–H groups in total. The lowest BCUT2D eigenvalue weighted by Gasteiger charge is -2.30. The van der Waals surface area contributed by atoms with E-state index in [4.69, 9.17) is 11.6 Å². The summed E-state index contributed by atoms with van der Waals surface area (Å²) in [4.78, 5) is 13.3. The van der Waals surface area contributed by atoms with Crippen molar-refractivity contribution in [2.45, 2.75) is 18.9 Å². The van der Waals surface area contributed by atoms with Gasteiger partial charge in [-0.25, -0.2) is 9.18 Å². The number of benzene rings is 1. The summed E-state index contributed by atoms with van der Waals surface area (Å²) in [5.74, 6) is -0.537.